The van der Waals surface area contributed by atoms with Gasteiger partial charge in [-0.25, -0.2) is 0 Å². The van der Waals surface area contributed by atoms with Gasteiger partial charge in [-0.2, -0.15) is 0 Å². The first-order valence-corrected chi connectivity index (χ1v) is 8.16. The lowest BCUT2D eigenvalue weighted by Crippen LogP contribution is -2.29. The van der Waals surface area contributed by atoms with Gasteiger partial charge in [0.1, 0.15) is 0 Å². The van der Waals surface area contributed by atoms with Crippen LogP contribution in [0.25, 0.3) is 0 Å². The molecule has 1 aromatic rings. The van der Waals surface area contributed by atoms with E-state index in [4.69, 9.17) is 5.11 Å². The van der Waals surface area contributed by atoms with Crippen molar-refractivity contribution in [2.24, 2.45) is 0 Å². The van der Waals surface area contributed by atoms with Crippen LogP contribution in [0.3, 0.4) is 0 Å². The predicted octanol–water partition coefficient (Wildman–Crippen LogP) is 3.42. The van der Waals surface area contributed by atoms with Crippen LogP contribution in [0.2, 0.25) is 0 Å². The van der Waals surface area contributed by atoms with Crippen LogP contribution in [0.5, 0.6) is 0 Å². The van der Waals surface area contributed by atoms with Crippen molar-refractivity contribution in [3.8, 4) is 0 Å². The Hall–Kier alpha value is -1.39. The van der Waals surface area contributed by atoms with Gasteiger partial charge >= 0.3 is 5.97 Å². The summed E-state index contributed by atoms with van der Waals surface area (Å²) in [6.45, 7) is 8.50. The number of aliphatic carboxylic acids is 1. The highest BCUT2D eigenvalue weighted by molar-refractivity contribution is 5.66. The molecule has 0 aromatic heterocycles. The van der Waals surface area contributed by atoms with Crippen LogP contribution in [0.15, 0.2) is 24.3 Å². The fourth-order valence-corrected chi connectivity index (χ4v) is 2.48. The van der Waals surface area contributed by atoms with Crippen molar-refractivity contribution in [2.45, 2.75) is 52.1 Å². The van der Waals surface area contributed by atoms with Crippen LogP contribution in [-0.2, 0) is 4.79 Å². The molecule has 1 rings (SSSR count). The normalized spacial score (nSPS) is 12.8. The average Bonchev–Trinajstić information content (AvgIpc) is 2.49. The minimum atomic E-state index is -0.772. The van der Waals surface area contributed by atoms with Gasteiger partial charge in [0.05, 0.1) is 12.5 Å². The number of nitrogens with zero attached hydrogens (tertiary/aromatic N) is 1. The summed E-state index contributed by atoms with van der Waals surface area (Å²) in [6, 6.07) is 8.11. The number of hydrogen-bond acceptors (Lipinski definition) is 3. The average molecular weight is 307 g/mol. The van der Waals surface area contributed by atoms with E-state index in [1.54, 1.807) is 0 Å². The molecule has 0 aliphatic carbocycles. The minimum absolute atomic E-state index is 0.152. The van der Waals surface area contributed by atoms with Crippen molar-refractivity contribution in [1.29, 1.82) is 0 Å². The molecule has 2 N–H and O–H groups in total. The fraction of sp³-hybridized carbons (Fsp3) is 0.611. The molecule has 1 atom stereocenters. The lowest BCUT2D eigenvalue weighted by molar-refractivity contribution is -0.137. The number of benzene rings is 1. The molecule has 0 aliphatic rings. The summed E-state index contributed by atoms with van der Waals surface area (Å²) in [4.78, 5) is 12.8. The van der Waals surface area contributed by atoms with E-state index >= 15 is 0 Å². The van der Waals surface area contributed by atoms with E-state index in [-0.39, 0.29) is 6.42 Å². The minimum Gasteiger partial charge on any atom is -0.481 e. The molecule has 1 aromatic carbocycles. The first kappa shape index (κ1) is 18.7. The molecule has 0 spiro atoms. The molecule has 22 heavy (non-hydrogen) atoms. The zero-order chi connectivity index (χ0) is 16.5. The Morgan fingerprint density at radius 1 is 1.09 bits per heavy atom. The third kappa shape index (κ3) is 6.58. The van der Waals surface area contributed by atoms with E-state index < -0.39 is 12.1 Å². The van der Waals surface area contributed by atoms with Crippen molar-refractivity contribution in [2.75, 3.05) is 19.6 Å². The van der Waals surface area contributed by atoms with Crippen molar-refractivity contribution in [3.63, 3.8) is 0 Å². The lowest BCUT2D eigenvalue weighted by Gasteiger charge is -2.22. The number of aliphatic hydroxyl groups is 1. The molecule has 4 heteroatoms. The molecular formula is C18H29NO3. The number of aliphatic hydroxyl groups excluding tert-OH is 1. The summed E-state index contributed by atoms with van der Waals surface area (Å²) >= 11 is 0. The molecule has 1 unspecified atom stereocenters. The molecule has 0 radical (unpaired) electrons. The van der Waals surface area contributed by atoms with Gasteiger partial charge < -0.3 is 15.1 Å². The van der Waals surface area contributed by atoms with Gasteiger partial charge in [-0.15, -0.1) is 0 Å². The molecule has 0 heterocycles. The second kappa shape index (κ2) is 9.59. The molecule has 0 aliphatic heterocycles. The molecule has 4 nitrogen and oxygen atoms in total. The summed E-state index contributed by atoms with van der Waals surface area (Å²) in [6.07, 6.45) is 1.27. The van der Waals surface area contributed by atoms with Crippen LogP contribution in [0.1, 0.15) is 63.2 Å². The summed E-state index contributed by atoms with van der Waals surface area (Å²) in [5.74, 6) is -0.284. The van der Waals surface area contributed by atoms with Gasteiger partial charge in [-0.05, 0) is 36.4 Å². The van der Waals surface area contributed by atoms with E-state index in [2.05, 4.69) is 37.8 Å². The maximum Gasteiger partial charge on any atom is 0.304 e. The summed E-state index contributed by atoms with van der Waals surface area (Å²) in [7, 11) is 0. The SMILES string of the molecule is CCCN(CCC(=O)O)CCC(O)c1ccc(C(C)C)cc1. The topological polar surface area (TPSA) is 60.8 Å². The van der Waals surface area contributed by atoms with E-state index in [1.807, 2.05) is 12.1 Å². The van der Waals surface area contributed by atoms with Crippen LogP contribution in [0, 0.1) is 0 Å². The van der Waals surface area contributed by atoms with E-state index in [0.717, 1.165) is 18.5 Å². The second-order valence-electron chi connectivity index (χ2n) is 6.11. The number of rotatable bonds is 10. The third-order valence-corrected chi connectivity index (χ3v) is 3.89. The van der Waals surface area contributed by atoms with Gasteiger partial charge in [-0.3, -0.25) is 4.79 Å². The Labute approximate surface area is 133 Å². The van der Waals surface area contributed by atoms with E-state index in [1.165, 1.54) is 5.56 Å². The zero-order valence-corrected chi connectivity index (χ0v) is 14.0. The Morgan fingerprint density at radius 2 is 1.68 bits per heavy atom. The monoisotopic (exact) mass is 307 g/mol. The van der Waals surface area contributed by atoms with Crippen LogP contribution >= 0.6 is 0 Å². The van der Waals surface area contributed by atoms with Crippen LogP contribution < -0.4 is 0 Å². The Balaban J connectivity index is 2.51. The summed E-state index contributed by atoms with van der Waals surface area (Å²) in [5.41, 5.74) is 2.20. The first-order valence-electron chi connectivity index (χ1n) is 8.16. The molecule has 124 valence electrons. The number of carboxylic acid groups (broad SMARTS) is 1. The quantitative estimate of drug-likeness (QED) is 0.695. The van der Waals surface area contributed by atoms with Crippen molar-refractivity contribution >= 4 is 5.97 Å². The number of carboxylic acids is 1. The highest BCUT2D eigenvalue weighted by Crippen LogP contribution is 2.21. The van der Waals surface area contributed by atoms with Crippen LogP contribution in [0.4, 0.5) is 0 Å². The number of carbonyl (C=O) groups is 1. The Morgan fingerprint density at radius 3 is 2.18 bits per heavy atom. The van der Waals surface area contributed by atoms with Crippen molar-refractivity contribution in [3.05, 3.63) is 35.4 Å². The predicted molar refractivity (Wildman–Crippen MR) is 89.1 cm³/mol. The highest BCUT2D eigenvalue weighted by atomic mass is 16.4. The second-order valence-corrected chi connectivity index (χ2v) is 6.11. The van der Waals surface area contributed by atoms with Gasteiger partial charge in [-0.1, -0.05) is 45.0 Å². The Bertz CT molecular complexity index is 442. The maximum absolute atomic E-state index is 10.7. The molecule has 0 bridgehead atoms. The summed E-state index contributed by atoms with van der Waals surface area (Å²) in [5, 5.41) is 19.1. The lowest BCUT2D eigenvalue weighted by atomic mass is 9.99. The molecule has 0 amide bonds. The molecular weight excluding hydrogens is 278 g/mol. The van der Waals surface area contributed by atoms with Gasteiger partial charge in [0.2, 0.25) is 0 Å². The van der Waals surface area contributed by atoms with Crippen LogP contribution in [-0.4, -0.2) is 40.7 Å². The fourth-order valence-electron chi connectivity index (χ4n) is 2.48. The third-order valence-electron chi connectivity index (χ3n) is 3.89. The summed E-state index contributed by atoms with van der Waals surface area (Å²) < 4.78 is 0. The Kier molecular flexibility index (Phi) is 8.13. The van der Waals surface area contributed by atoms with Gasteiger partial charge in [0.25, 0.3) is 0 Å². The maximum atomic E-state index is 10.7. The molecule has 0 saturated carbocycles. The number of hydrogen-bond donors (Lipinski definition) is 2. The van der Waals surface area contributed by atoms with Gasteiger partial charge in [0.15, 0.2) is 0 Å². The smallest absolute Gasteiger partial charge is 0.304 e. The van der Waals surface area contributed by atoms with E-state index in [9.17, 15) is 9.90 Å². The zero-order valence-electron chi connectivity index (χ0n) is 14.0. The first-order chi connectivity index (χ1) is 10.4. The molecule has 0 fully saturated rings. The van der Waals surface area contributed by atoms with E-state index in [0.29, 0.717) is 25.4 Å². The molecule has 0 saturated heterocycles. The largest absolute Gasteiger partial charge is 0.481 e. The van der Waals surface area contributed by atoms with Gasteiger partial charge in [0, 0.05) is 13.1 Å². The highest BCUT2D eigenvalue weighted by Gasteiger charge is 2.12. The standard InChI is InChI=1S/C18H29NO3/c1-4-11-19(13-10-18(21)22)12-9-17(20)16-7-5-15(6-8-16)14(2)3/h5-8,14,17,20H,4,9-13H2,1-3H3,(H,21,22). The van der Waals surface area contributed by atoms with Crippen molar-refractivity contribution < 1.29 is 15.0 Å². The van der Waals surface area contributed by atoms with Crippen molar-refractivity contribution in [1.82, 2.24) is 4.90 Å².